The molecular formula is C27H29N3O4. The lowest BCUT2D eigenvalue weighted by atomic mass is 9.77. The maximum Gasteiger partial charge on any atom is 0.415 e. The van der Waals surface area contributed by atoms with Crippen LogP contribution < -0.4 is 4.74 Å². The van der Waals surface area contributed by atoms with Gasteiger partial charge in [-0.25, -0.2) is 14.8 Å². The average molecular weight is 460 g/mol. The second-order valence-corrected chi connectivity index (χ2v) is 9.89. The first-order chi connectivity index (χ1) is 16.3. The molecule has 0 unspecified atom stereocenters. The van der Waals surface area contributed by atoms with E-state index in [1.54, 1.807) is 29.2 Å². The van der Waals surface area contributed by atoms with E-state index in [1.165, 1.54) is 5.01 Å². The summed E-state index contributed by atoms with van der Waals surface area (Å²) in [6, 6.07) is 18.3. The third-order valence-electron chi connectivity index (χ3n) is 6.98. The number of imide groups is 1. The summed E-state index contributed by atoms with van der Waals surface area (Å²) < 4.78 is 5.57. The van der Waals surface area contributed by atoms with Gasteiger partial charge in [-0.1, -0.05) is 60.7 Å². The molecule has 0 radical (unpaired) electrons. The monoisotopic (exact) mass is 459 g/mol. The highest BCUT2D eigenvalue weighted by molar-refractivity contribution is 5.98. The summed E-state index contributed by atoms with van der Waals surface area (Å²) in [4.78, 5) is 41.6. The molecule has 0 saturated carbocycles. The SMILES string of the molecule is CC1(C)CC(=O)N(C(=O)[C@H]2C[C@H]3C=C[C@@H]2N(C(=O)Oc2ccccc2)C3)N1Cc1ccccc1. The zero-order valence-corrected chi connectivity index (χ0v) is 19.5. The molecule has 1 aliphatic carbocycles. The van der Waals surface area contributed by atoms with Crippen molar-refractivity contribution in [3.05, 3.63) is 78.4 Å². The van der Waals surface area contributed by atoms with Crippen LogP contribution in [0, 0.1) is 11.8 Å². The Morgan fingerprint density at radius 1 is 1.00 bits per heavy atom. The van der Waals surface area contributed by atoms with Crippen molar-refractivity contribution in [3.63, 3.8) is 0 Å². The molecule has 0 N–H and O–H groups in total. The van der Waals surface area contributed by atoms with E-state index in [-0.39, 0.29) is 24.2 Å². The van der Waals surface area contributed by atoms with Crippen molar-refractivity contribution >= 4 is 17.9 Å². The van der Waals surface area contributed by atoms with Crippen molar-refractivity contribution in [2.45, 2.75) is 44.8 Å². The third-order valence-corrected chi connectivity index (χ3v) is 6.98. The Labute approximate surface area is 199 Å². The smallest absolute Gasteiger partial charge is 0.410 e. The van der Waals surface area contributed by atoms with Crippen molar-refractivity contribution in [1.82, 2.24) is 14.9 Å². The number of para-hydroxylation sites is 1. The van der Waals surface area contributed by atoms with Crippen LogP contribution in [-0.2, 0) is 16.1 Å². The van der Waals surface area contributed by atoms with E-state index >= 15 is 0 Å². The van der Waals surface area contributed by atoms with E-state index in [2.05, 4.69) is 6.08 Å². The maximum atomic E-state index is 13.9. The Balaban J connectivity index is 1.38. The van der Waals surface area contributed by atoms with E-state index in [9.17, 15) is 14.4 Å². The van der Waals surface area contributed by atoms with Crippen molar-refractivity contribution in [1.29, 1.82) is 0 Å². The fourth-order valence-electron chi connectivity index (χ4n) is 5.25. The van der Waals surface area contributed by atoms with Crippen molar-refractivity contribution in [3.8, 4) is 5.75 Å². The lowest BCUT2D eigenvalue weighted by molar-refractivity contribution is -0.167. The predicted octanol–water partition coefficient (Wildman–Crippen LogP) is 4.02. The molecule has 3 amide bonds. The number of hydrogen-bond donors (Lipinski definition) is 0. The van der Waals surface area contributed by atoms with Gasteiger partial charge < -0.3 is 9.64 Å². The summed E-state index contributed by atoms with van der Waals surface area (Å²) in [5.74, 6) is -0.428. The summed E-state index contributed by atoms with van der Waals surface area (Å²) in [6.07, 6.45) is 4.38. The molecule has 3 aliphatic heterocycles. The van der Waals surface area contributed by atoms with Crippen LogP contribution in [0.1, 0.15) is 32.3 Å². The largest absolute Gasteiger partial charge is 0.415 e. The Bertz CT molecular complexity index is 1120. The van der Waals surface area contributed by atoms with Crippen molar-refractivity contribution in [2.24, 2.45) is 11.8 Å². The molecule has 2 saturated heterocycles. The van der Waals surface area contributed by atoms with Crippen molar-refractivity contribution < 1.29 is 19.1 Å². The second-order valence-electron chi connectivity index (χ2n) is 9.89. The predicted molar refractivity (Wildman–Crippen MR) is 126 cm³/mol. The van der Waals surface area contributed by atoms with E-state index in [1.807, 2.05) is 61.3 Å². The normalized spacial score (nSPS) is 25.6. The number of hydrogen-bond acceptors (Lipinski definition) is 5. The van der Waals surface area contributed by atoms with Gasteiger partial charge >= 0.3 is 6.09 Å². The number of ether oxygens (including phenoxy) is 1. The van der Waals surface area contributed by atoms with E-state index in [4.69, 9.17) is 4.74 Å². The van der Waals surface area contributed by atoms with E-state index in [0.29, 0.717) is 25.3 Å². The first kappa shape index (κ1) is 22.3. The number of piperidine rings is 1. The summed E-state index contributed by atoms with van der Waals surface area (Å²) >= 11 is 0. The van der Waals surface area contributed by atoms with Crippen LogP contribution in [0.3, 0.4) is 0 Å². The average Bonchev–Trinajstić information content (AvgIpc) is 3.07. The minimum atomic E-state index is -0.497. The lowest BCUT2D eigenvalue weighted by Gasteiger charge is -2.46. The van der Waals surface area contributed by atoms with Crippen LogP contribution in [0.15, 0.2) is 72.8 Å². The summed E-state index contributed by atoms with van der Waals surface area (Å²) in [6.45, 7) is 4.93. The summed E-state index contributed by atoms with van der Waals surface area (Å²) in [7, 11) is 0. The highest BCUT2D eigenvalue weighted by atomic mass is 16.6. The number of hydrazine groups is 1. The number of carbonyl (C=O) groups is 3. The summed E-state index contributed by atoms with van der Waals surface area (Å²) in [5.41, 5.74) is 0.541. The Morgan fingerprint density at radius 3 is 2.35 bits per heavy atom. The number of nitrogens with zero attached hydrogens (tertiary/aromatic N) is 3. The fourth-order valence-corrected chi connectivity index (χ4v) is 5.25. The van der Waals surface area contributed by atoms with Gasteiger partial charge in [0.1, 0.15) is 5.75 Å². The minimum absolute atomic E-state index is 0.0514. The number of fused-ring (bicyclic) bond motifs is 2. The number of amides is 3. The van der Waals surface area contributed by atoms with Crippen LogP contribution in [0.2, 0.25) is 0 Å². The van der Waals surface area contributed by atoms with E-state index in [0.717, 1.165) is 5.56 Å². The Morgan fingerprint density at radius 2 is 1.68 bits per heavy atom. The number of carbonyl (C=O) groups excluding carboxylic acids is 3. The zero-order chi connectivity index (χ0) is 23.9. The molecule has 34 heavy (non-hydrogen) atoms. The van der Waals surface area contributed by atoms with Gasteiger partial charge in [-0.2, -0.15) is 0 Å². The molecule has 0 aromatic heterocycles. The zero-order valence-electron chi connectivity index (χ0n) is 19.5. The molecule has 0 spiro atoms. The summed E-state index contributed by atoms with van der Waals surface area (Å²) in [5, 5.41) is 3.22. The molecule has 3 heterocycles. The first-order valence-corrected chi connectivity index (χ1v) is 11.7. The highest BCUT2D eigenvalue weighted by Crippen LogP contribution is 2.39. The number of rotatable bonds is 4. The Kier molecular flexibility index (Phi) is 5.73. The van der Waals surface area contributed by atoms with Crippen LogP contribution in [0.25, 0.3) is 0 Å². The maximum absolute atomic E-state index is 13.9. The van der Waals surface area contributed by atoms with Gasteiger partial charge in [0.15, 0.2) is 0 Å². The highest BCUT2D eigenvalue weighted by Gasteiger charge is 2.52. The van der Waals surface area contributed by atoms with Crippen LogP contribution >= 0.6 is 0 Å². The molecule has 2 fully saturated rings. The minimum Gasteiger partial charge on any atom is -0.410 e. The van der Waals surface area contributed by atoms with Gasteiger partial charge in [-0.05, 0) is 43.9 Å². The van der Waals surface area contributed by atoms with Crippen LogP contribution in [0.4, 0.5) is 4.79 Å². The molecule has 7 nitrogen and oxygen atoms in total. The molecule has 4 aliphatic rings. The Hall–Kier alpha value is -3.45. The van der Waals surface area contributed by atoms with Gasteiger partial charge in [0, 0.05) is 25.0 Å². The van der Waals surface area contributed by atoms with Gasteiger partial charge in [0.25, 0.3) is 0 Å². The van der Waals surface area contributed by atoms with Crippen LogP contribution in [-0.4, -0.2) is 51.0 Å². The molecule has 176 valence electrons. The molecule has 2 bridgehead atoms. The van der Waals surface area contributed by atoms with Crippen LogP contribution in [0.5, 0.6) is 5.75 Å². The van der Waals surface area contributed by atoms with Gasteiger partial charge in [0.05, 0.1) is 12.0 Å². The van der Waals surface area contributed by atoms with Gasteiger partial charge in [-0.3, -0.25) is 9.59 Å². The fraction of sp³-hybridized carbons (Fsp3) is 0.370. The third kappa shape index (κ3) is 4.12. The molecule has 7 heteroatoms. The van der Waals surface area contributed by atoms with Crippen molar-refractivity contribution in [2.75, 3.05) is 6.54 Å². The van der Waals surface area contributed by atoms with Gasteiger partial charge in [0.2, 0.25) is 11.8 Å². The second kappa shape index (κ2) is 8.72. The van der Waals surface area contributed by atoms with Gasteiger partial charge in [-0.15, -0.1) is 0 Å². The standard InChI is InChI=1S/C27H29N3O4/c1-27(2)16-24(31)30(29(27)18-19-9-5-3-6-10-19)25(32)22-15-20-13-14-23(22)28(17-20)26(33)34-21-11-7-4-8-12-21/h3-14,20,22-23H,15-18H2,1-2H3/t20-,22+,23+/m1/s1. The number of benzene rings is 2. The van der Waals surface area contributed by atoms with E-state index < -0.39 is 23.6 Å². The quantitative estimate of drug-likeness (QED) is 0.510. The molecule has 2 aromatic rings. The molecule has 2 aromatic carbocycles. The molecular weight excluding hydrogens is 430 g/mol. The molecule has 6 rings (SSSR count). The first-order valence-electron chi connectivity index (χ1n) is 11.7. The topological polar surface area (TPSA) is 70.2 Å². The lowest BCUT2D eigenvalue weighted by Crippen LogP contribution is -2.60. The molecule has 3 atom stereocenters.